The number of allylic oxidation sites excluding steroid dienone is 6. The van der Waals surface area contributed by atoms with Crippen LogP contribution < -0.4 is 9.47 Å². The molecule has 0 aliphatic heterocycles. The normalized spacial score (nSPS) is 17.5. The first-order chi connectivity index (χ1) is 20.2. The number of carbonyl (C=O) groups excluding carboxylic acids is 2. The molecule has 0 bridgehead atoms. The van der Waals surface area contributed by atoms with E-state index in [-0.39, 0.29) is 34.2 Å². The summed E-state index contributed by atoms with van der Waals surface area (Å²) in [4.78, 5) is 23.8. The Morgan fingerprint density at radius 1 is 0.614 bits per heavy atom. The number of hydrogen-bond donors (Lipinski definition) is 0. The second-order valence-corrected chi connectivity index (χ2v) is 11.7. The van der Waals surface area contributed by atoms with Crippen LogP contribution in [0.2, 0.25) is 0 Å². The van der Waals surface area contributed by atoms with Crippen LogP contribution in [0, 0.1) is 10.8 Å². The van der Waals surface area contributed by atoms with Crippen molar-refractivity contribution in [3.63, 3.8) is 0 Å². The zero-order valence-corrected chi connectivity index (χ0v) is 25.3. The number of alkyl halides is 4. The van der Waals surface area contributed by atoms with Crippen LogP contribution in [0.3, 0.4) is 0 Å². The summed E-state index contributed by atoms with van der Waals surface area (Å²) in [6.07, 6.45) is 2.45. The zero-order chi connectivity index (χ0) is 33.1. The molecule has 0 unspecified atom stereocenters. The second-order valence-electron chi connectivity index (χ2n) is 11.7. The highest BCUT2D eigenvalue weighted by Crippen LogP contribution is 2.39. The van der Waals surface area contributed by atoms with E-state index in [2.05, 4.69) is 13.2 Å². The molecule has 0 spiro atoms. The minimum atomic E-state index is -3.83. The molecule has 6 nitrogen and oxygen atoms in total. The van der Waals surface area contributed by atoms with Gasteiger partial charge in [0.2, 0.25) is 0 Å². The summed E-state index contributed by atoms with van der Waals surface area (Å²) in [5, 5.41) is 0. The summed E-state index contributed by atoms with van der Waals surface area (Å²) in [5.41, 5.74) is -2.62. The van der Waals surface area contributed by atoms with Crippen LogP contribution in [0.25, 0.3) is 0 Å². The number of hydrogen-bond acceptors (Lipinski definition) is 6. The van der Waals surface area contributed by atoms with Crippen LogP contribution in [0.5, 0.6) is 11.5 Å². The van der Waals surface area contributed by atoms with Crippen LogP contribution in [0.15, 0.2) is 120 Å². The summed E-state index contributed by atoms with van der Waals surface area (Å²) < 4.78 is 81.2. The van der Waals surface area contributed by atoms with Gasteiger partial charge in [-0.2, -0.15) is 17.6 Å². The lowest BCUT2D eigenvalue weighted by Crippen LogP contribution is -2.28. The molecule has 0 heterocycles. The van der Waals surface area contributed by atoms with E-state index in [1.807, 2.05) is 0 Å². The van der Waals surface area contributed by atoms with E-state index < -0.39 is 46.1 Å². The lowest BCUT2D eigenvalue weighted by atomic mass is 9.90. The molecule has 0 atom stereocenters. The first-order valence-electron chi connectivity index (χ1n) is 13.5. The van der Waals surface area contributed by atoms with E-state index in [0.717, 1.165) is 36.4 Å². The fraction of sp³-hybridized carbons (Fsp3) is 0.294. The van der Waals surface area contributed by atoms with Crippen LogP contribution in [-0.2, 0) is 19.1 Å². The molecule has 44 heavy (non-hydrogen) atoms. The van der Waals surface area contributed by atoms with E-state index in [4.69, 9.17) is 18.9 Å². The molecule has 0 aromatic heterocycles. The maximum Gasteiger partial charge on any atom is 0.426 e. The predicted octanol–water partition coefficient (Wildman–Crippen LogP) is 8.68. The molecule has 0 saturated carbocycles. The number of carbonyl (C=O) groups is 2. The van der Waals surface area contributed by atoms with Gasteiger partial charge in [0.1, 0.15) is 23.0 Å². The summed E-state index contributed by atoms with van der Waals surface area (Å²) in [6.45, 7) is 16.5. The summed E-state index contributed by atoms with van der Waals surface area (Å²) >= 11 is 0. The van der Waals surface area contributed by atoms with Crippen LogP contribution in [0.1, 0.15) is 41.5 Å². The molecule has 2 aliphatic rings. The third kappa shape index (κ3) is 9.20. The first kappa shape index (κ1) is 33.9. The zero-order valence-electron chi connectivity index (χ0n) is 25.3. The lowest BCUT2D eigenvalue weighted by molar-refractivity contribution is -0.142. The third-order valence-electron chi connectivity index (χ3n) is 6.04. The fourth-order valence-electron chi connectivity index (χ4n) is 4.02. The van der Waals surface area contributed by atoms with Crippen molar-refractivity contribution in [1.82, 2.24) is 0 Å². The van der Waals surface area contributed by atoms with Gasteiger partial charge < -0.3 is 18.9 Å². The van der Waals surface area contributed by atoms with Gasteiger partial charge in [0.05, 0.1) is 11.1 Å². The standard InChI is InChI=1S/C34H34F4O6/c1-21(2)29(39)41-27-11-9-23(17-31(5,6)19-27)33(35,36)43-25-13-15-26(16-14-25)44-34(37,38)24-10-12-28(20-32(7,8)18-24)42-30(40)22(3)4/h9-20H,1,3H2,2,4-8H3. The second kappa shape index (κ2) is 12.6. The van der Waals surface area contributed by atoms with Crippen molar-refractivity contribution in [3.8, 4) is 11.5 Å². The van der Waals surface area contributed by atoms with Crippen LogP contribution in [-0.4, -0.2) is 24.2 Å². The van der Waals surface area contributed by atoms with Crippen molar-refractivity contribution in [2.45, 2.75) is 53.8 Å². The molecule has 1 aromatic carbocycles. The molecule has 0 fully saturated rings. The smallest absolute Gasteiger partial charge is 0.426 e. The Balaban J connectivity index is 1.74. The maximum absolute atomic E-state index is 15.2. The van der Waals surface area contributed by atoms with Gasteiger partial charge in [-0.25, -0.2) is 9.59 Å². The van der Waals surface area contributed by atoms with E-state index in [1.54, 1.807) is 27.7 Å². The number of rotatable bonds is 10. The minimum absolute atomic E-state index is 0.0642. The average Bonchev–Trinajstić information content (AvgIpc) is 3.14. The van der Waals surface area contributed by atoms with Gasteiger partial charge in [0, 0.05) is 22.0 Å². The first-order valence-corrected chi connectivity index (χ1v) is 13.5. The highest BCUT2D eigenvalue weighted by Gasteiger charge is 2.40. The van der Waals surface area contributed by atoms with E-state index >= 15 is 17.6 Å². The van der Waals surface area contributed by atoms with Crippen molar-refractivity contribution in [2.24, 2.45) is 10.8 Å². The van der Waals surface area contributed by atoms with Gasteiger partial charge in [-0.1, -0.05) is 53.0 Å². The molecule has 0 N–H and O–H groups in total. The number of benzene rings is 1. The van der Waals surface area contributed by atoms with Crippen molar-refractivity contribution in [3.05, 3.63) is 120 Å². The number of ether oxygens (including phenoxy) is 4. The molecular formula is C34H34F4O6. The van der Waals surface area contributed by atoms with Gasteiger partial charge in [-0.15, -0.1) is 0 Å². The lowest BCUT2D eigenvalue weighted by Gasteiger charge is -2.23. The number of esters is 2. The Morgan fingerprint density at radius 3 is 1.23 bits per heavy atom. The third-order valence-corrected chi connectivity index (χ3v) is 6.04. The highest BCUT2D eigenvalue weighted by atomic mass is 19.3. The molecule has 3 rings (SSSR count). The maximum atomic E-state index is 15.2. The summed E-state index contributed by atoms with van der Waals surface area (Å²) in [7, 11) is 0. The fourth-order valence-corrected chi connectivity index (χ4v) is 4.02. The summed E-state index contributed by atoms with van der Waals surface area (Å²) in [6, 6.07) is 4.28. The molecule has 1 aromatic rings. The Morgan fingerprint density at radius 2 is 0.932 bits per heavy atom. The highest BCUT2D eigenvalue weighted by molar-refractivity contribution is 5.88. The van der Waals surface area contributed by atoms with Gasteiger partial charge in [-0.05, 0) is 74.6 Å². The van der Waals surface area contributed by atoms with Crippen LogP contribution >= 0.6 is 0 Å². The van der Waals surface area contributed by atoms with Gasteiger partial charge in [-0.3, -0.25) is 0 Å². The molecule has 0 amide bonds. The average molecular weight is 615 g/mol. The Bertz CT molecular complexity index is 1420. The van der Waals surface area contributed by atoms with Gasteiger partial charge >= 0.3 is 24.2 Å². The quantitative estimate of drug-likeness (QED) is 0.149. The largest absolute Gasteiger partial charge is 0.429 e. The Labute approximate surface area is 254 Å². The van der Waals surface area contributed by atoms with Gasteiger partial charge in [0.15, 0.2) is 0 Å². The molecular weight excluding hydrogens is 580 g/mol. The van der Waals surface area contributed by atoms with E-state index in [1.165, 1.54) is 50.3 Å². The minimum Gasteiger partial charge on any atom is -0.429 e. The molecule has 10 heteroatoms. The van der Waals surface area contributed by atoms with E-state index in [9.17, 15) is 9.59 Å². The van der Waals surface area contributed by atoms with Gasteiger partial charge in [0.25, 0.3) is 0 Å². The van der Waals surface area contributed by atoms with Crippen molar-refractivity contribution >= 4 is 11.9 Å². The Kier molecular flexibility index (Phi) is 9.67. The monoisotopic (exact) mass is 614 g/mol. The van der Waals surface area contributed by atoms with Crippen LogP contribution in [0.4, 0.5) is 17.6 Å². The Hall–Kier alpha value is -4.60. The van der Waals surface area contributed by atoms with Crippen molar-refractivity contribution in [2.75, 3.05) is 0 Å². The summed E-state index contributed by atoms with van der Waals surface area (Å²) in [5.74, 6) is -1.89. The van der Waals surface area contributed by atoms with Crippen molar-refractivity contribution in [1.29, 1.82) is 0 Å². The number of halogens is 4. The predicted molar refractivity (Wildman–Crippen MR) is 158 cm³/mol. The van der Waals surface area contributed by atoms with E-state index in [0.29, 0.717) is 0 Å². The molecule has 0 saturated heterocycles. The van der Waals surface area contributed by atoms with Crippen molar-refractivity contribution < 1.29 is 46.1 Å². The topological polar surface area (TPSA) is 71.1 Å². The molecule has 234 valence electrons. The molecule has 0 radical (unpaired) electrons. The SMILES string of the molecule is C=C(C)C(=O)OC1=CC(C)(C)C=C(C(F)(F)Oc2ccc(OC(F)(F)C3=CC(C)(C)C=C(OC(=O)C(=C)C)C=C3)cc2)C=C1. The molecule has 2 aliphatic carbocycles.